The maximum Gasteiger partial charge on any atom is 0.337 e. The van der Waals surface area contributed by atoms with Crippen molar-refractivity contribution in [2.75, 3.05) is 6.61 Å². The molecule has 220 valence electrons. The van der Waals surface area contributed by atoms with E-state index in [-0.39, 0.29) is 17.7 Å². The number of pyridine rings is 1. The summed E-state index contributed by atoms with van der Waals surface area (Å²) in [6.45, 7) is 9.48. The molecule has 2 aliphatic rings. The van der Waals surface area contributed by atoms with E-state index in [1.807, 2.05) is 6.92 Å². The molecule has 0 spiro atoms. The predicted molar refractivity (Wildman–Crippen MR) is 155 cm³/mol. The van der Waals surface area contributed by atoms with Crippen LogP contribution in [0.5, 0.6) is 5.75 Å². The number of carbonyl (C=O) groups excluding carboxylic acids is 1. The van der Waals surface area contributed by atoms with Gasteiger partial charge in [0.15, 0.2) is 17.7 Å². The number of carbonyl (C=O) groups is 2. The Balaban J connectivity index is 1.78. The van der Waals surface area contributed by atoms with Gasteiger partial charge in [0.25, 0.3) is 5.91 Å². The number of rotatable bonds is 6. The molecule has 1 fully saturated rings. The molecule has 5 rings (SSSR count). The first-order valence-corrected chi connectivity index (χ1v) is 14.5. The van der Waals surface area contributed by atoms with Crippen LogP contribution in [0.3, 0.4) is 0 Å². The van der Waals surface area contributed by atoms with Crippen LogP contribution in [-0.4, -0.2) is 44.8 Å². The first kappa shape index (κ1) is 29.0. The minimum Gasteiger partial charge on any atom is -0.490 e. The van der Waals surface area contributed by atoms with Crippen molar-refractivity contribution in [2.24, 2.45) is 7.05 Å². The predicted octanol–water partition coefficient (Wildman–Crippen LogP) is 6.32. The lowest BCUT2D eigenvalue weighted by Crippen LogP contribution is -2.37. The van der Waals surface area contributed by atoms with Crippen molar-refractivity contribution >= 4 is 22.9 Å². The zero-order chi connectivity index (χ0) is 29.6. The molecular formula is C32H40FN3O5. The van der Waals surface area contributed by atoms with Crippen molar-refractivity contribution in [3.8, 4) is 16.9 Å². The smallest absolute Gasteiger partial charge is 0.337 e. The third-order valence-corrected chi connectivity index (χ3v) is 8.24. The van der Waals surface area contributed by atoms with Crippen molar-refractivity contribution in [3.63, 3.8) is 0 Å². The number of ether oxygens (including phenoxy) is 2. The first-order chi connectivity index (χ1) is 19.4. The molecule has 1 amide bonds. The minimum atomic E-state index is -1.36. The molecule has 0 saturated heterocycles. The number of carboxylic acids is 1. The molecular weight excluding hydrogens is 525 g/mol. The molecule has 2 N–H and O–H groups in total. The van der Waals surface area contributed by atoms with Gasteiger partial charge in [0.1, 0.15) is 11.3 Å². The van der Waals surface area contributed by atoms with E-state index in [0.717, 1.165) is 43.2 Å². The monoisotopic (exact) mass is 565 g/mol. The molecule has 3 heterocycles. The molecule has 41 heavy (non-hydrogen) atoms. The lowest BCUT2D eigenvalue weighted by atomic mass is 9.86. The molecule has 1 aromatic carbocycles. The van der Waals surface area contributed by atoms with Crippen LogP contribution in [0.15, 0.2) is 12.1 Å². The SMILES string of the molecule is Cc1nc2c(cc(C(=O)NC3CCCCC3)n2C)c(-c2cc(F)c3c(c2C)CCCO3)c1[C@H](OC(C)(C)C)C(=O)O. The summed E-state index contributed by atoms with van der Waals surface area (Å²) in [5.41, 5.74) is 3.59. The normalized spacial score (nSPS) is 16.8. The van der Waals surface area contributed by atoms with Gasteiger partial charge in [-0.1, -0.05) is 19.3 Å². The third kappa shape index (κ3) is 5.56. The molecule has 1 aliphatic carbocycles. The average Bonchev–Trinajstić information content (AvgIpc) is 3.24. The van der Waals surface area contributed by atoms with Gasteiger partial charge >= 0.3 is 5.97 Å². The molecule has 3 aromatic rings. The van der Waals surface area contributed by atoms with E-state index in [0.29, 0.717) is 52.1 Å². The van der Waals surface area contributed by atoms with Crippen LogP contribution in [0.2, 0.25) is 0 Å². The van der Waals surface area contributed by atoms with E-state index in [9.17, 15) is 14.7 Å². The number of aliphatic carboxylic acids is 1. The zero-order valence-corrected chi connectivity index (χ0v) is 24.8. The van der Waals surface area contributed by atoms with Gasteiger partial charge in [-0.2, -0.15) is 0 Å². The van der Waals surface area contributed by atoms with Crippen LogP contribution in [-0.2, 0) is 23.0 Å². The number of hydrogen-bond donors (Lipinski definition) is 2. The Bertz CT molecular complexity index is 1510. The Kier molecular flexibility index (Phi) is 7.85. The number of fused-ring (bicyclic) bond motifs is 2. The number of hydrogen-bond acceptors (Lipinski definition) is 5. The van der Waals surface area contributed by atoms with Crippen molar-refractivity contribution in [3.05, 3.63) is 46.0 Å². The van der Waals surface area contributed by atoms with E-state index in [2.05, 4.69) is 5.32 Å². The fourth-order valence-electron chi connectivity index (χ4n) is 6.30. The molecule has 1 saturated carbocycles. The van der Waals surface area contributed by atoms with Crippen LogP contribution in [0.1, 0.15) is 98.3 Å². The topological polar surface area (TPSA) is 103 Å². The van der Waals surface area contributed by atoms with Crippen molar-refractivity contribution in [1.82, 2.24) is 14.9 Å². The summed E-state index contributed by atoms with van der Waals surface area (Å²) in [5, 5.41) is 14.1. The fraction of sp³-hybridized carbons (Fsp3) is 0.531. The maximum absolute atomic E-state index is 15.6. The van der Waals surface area contributed by atoms with E-state index < -0.39 is 23.5 Å². The largest absolute Gasteiger partial charge is 0.490 e. The van der Waals surface area contributed by atoms with Crippen molar-refractivity contribution < 1.29 is 28.6 Å². The summed E-state index contributed by atoms with van der Waals surface area (Å²) in [4.78, 5) is 31.0. The van der Waals surface area contributed by atoms with Gasteiger partial charge in [-0.25, -0.2) is 14.2 Å². The van der Waals surface area contributed by atoms with Gasteiger partial charge < -0.3 is 24.5 Å². The van der Waals surface area contributed by atoms with E-state index in [1.54, 1.807) is 45.4 Å². The van der Waals surface area contributed by atoms with E-state index in [1.165, 1.54) is 12.5 Å². The van der Waals surface area contributed by atoms with Gasteiger partial charge in [-0.05, 0) is 83.6 Å². The Morgan fingerprint density at radius 2 is 1.88 bits per heavy atom. The van der Waals surface area contributed by atoms with Gasteiger partial charge in [0.05, 0.1) is 12.2 Å². The number of amides is 1. The Hall–Kier alpha value is -3.46. The van der Waals surface area contributed by atoms with Gasteiger partial charge in [-0.3, -0.25) is 4.79 Å². The van der Waals surface area contributed by atoms with Crippen LogP contribution in [0.25, 0.3) is 22.2 Å². The second-order valence-corrected chi connectivity index (χ2v) is 12.4. The number of aryl methyl sites for hydroxylation is 2. The molecule has 1 aliphatic heterocycles. The number of aromatic nitrogens is 2. The quantitative estimate of drug-likeness (QED) is 0.362. The Morgan fingerprint density at radius 1 is 1.17 bits per heavy atom. The maximum atomic E-state index is 15.6. The molecule has 0 unspecified atom stereocenters. The molecule has 0 bridgehead atoms. The number of benzene rings is 1. The molecule has 8 nitrogen and oxygen atoms in total. The molecule has 2 aromatic heterocycles. The fourth-order valence-corrected chi connectivity index (χ4v) is 6.30. The van der Waals surface area contributed by atoms with E-state index >= 15 is 4.39 Å². The zero-order valence-electron chi connectivity index (χ0n) is 24.8. The van der Waals surface area contributed by atoms with Crippen molar-refractivity contribution in [2.45, 2.75) is 97.3 Å². The highest BCUT2D eigenvalue weighted by Gasteiger charge is 2.35. The van der Waals surface area contributed by atoms with Crippen LogP contribution < -0.4 is 10.1 Å². The van der Waals surface area contributed by atoms with Crippen LogP contribution in [0.4, 0.5) is 4.39 Å². The molecule has 9 heteroatoms. The highest BCUT2D eigenvalue weighted by Crippen LogP contribution is 2.44. The van der Waals surface area contributed by atoms with Crippen molar-refractivity contribution in [1.29, 1.82) is 0 Å². The Morgan fingerprint density at radius 3 is 2.54 bits per heavy atom. The average molecular weight is 566 g/mol. The second kappa shape index (κ2) is 11.1. The van der Waals surface area contributed by atoms with Crippen LogP contribution >= 0.6 is 0 Å². The summed E-state index contributed by atoms with van der Waals surface area (Å²) in [6, 6.07) is 3.29. The van der Waals surface area contributed by atoms with Gasteiger partial charge in [-0.15, -0.1) is 0 Å². The lowest BCUT2D eigenvalue weighted by Gasteiger charge is -2.29. The van der Waals surface area contributed by atoms with E-state index in [4.69, 9.17) is 14.5 Å². The lowest BCUT2D eigenvalue weighted by molar-refractivity contribution is -0.160. The number of nitrogens with zero attached hydrogens (tertiary/aromatic N) is 2. The molecule has 1 atom stereocenters. The van der Waals surface area contributed by atoms with Gasteiger partial charge in [0, 0.05) is 40.9 Å². The summed E-state index contributed by atoms with van der Waals surface area (Å²) in [5.74, 6) is -1.62. The van der Waals surface area contributed by atoms with Crippen LogP contribution in [0, 0.1) is 19.7 Å². The number of halogens is 1. The highest BCUT2D eigenvalue weighted by molar-refractivity contribution is 6.04. The molecule has 0 radical (unpaired) electrons. The third-order valence-electron chi connectivity index (χ3n) is 8.24. The first-order valence-electron chi connectivity index (χ1n) is 14.5. The summed E-state index contributed by atoms with van der Waals surface area (Å²) < 4.78 is 29.1. The Labute approximate surface area is 240 Å². The number of carboxylic acid groups (broad SMARTS) is 1. The minimum absolute atomic E-state index is 0.118. The summed E-state index contributed by atoms with van der Waals surface area (Å²) in [6.07, 6.45) is 5.30. The summed E-state index contributed by atoms with van der Waals surface area (Å²) >= 11 is 0. The van der Waals surface area contributed by atoms with Gasteiger partial charge in [0.2, 0.25) is 0 Å². The highest BCUT2D eigenvalue weighted by atomic mass is 19.1. The second-order valence-electron chi connectivity index (χ2n) is 12.4. The number of nitrogens with one attached hydrogen (secondary N) is 1. The standard InChI is InChI=1S/C32H40FN3O5/c1-17-20-13-10-14-40-27(20)23(33)15-21(17)26-22-16-24(30(37)35-19-11-8-7-9-12-19)36(6)29(22)34-18(2)25(26)28(31(38)39)41-32(3,4)5/h15-16,19,28H,7-14H2,1-6H3,(H,35,37)(H,38,39)/t28-/m0/s1. The summed E-state index contributed by atoms with van der Waals surface area (Å²) in [7, 11) is 1.78.